The van der Waals surface area contributed by atoms with Gasteiger partial charge in [0.15, 0.2) is 5.76 Å². The van der Waals surface area contributed by atoms with Crippen LogP contribution >= 0.6 is 0 Å². The van der Waals surface area contributed by atoms with Gasteiger partial charge in [0.05, 0.1) is 26.0 Å². The predicted octanol–water partition coefficient (Wildman–Crippen LogP) is 6.51. The van der Waals surface area contributed by atoms with E-state index in [2.05, 4.69) is 5.16 Å². The summed E-state index contributed by atoms with van der Waals surface area (Å²) < 4.78 is 54.8. The number of nitrogens with zero attached hydrogens (tertiary/aromatic N) is 1. The van der Waals surface area contributed by atoms with Gasteiger partial charge in [0.2, 0.25) is 0 Å². The van der Waals surface area contributed by atoms with Crippen LogP contribution in [0.3, 0.4) is 0 Å². The second kappa shape index (κ2) is 14.7. The van der Waals surface area contributed by atoms with E-state index < -0.39 is 17.7 Å². The van der Waals surface area contributed by atoms with Crippen LogP contribution in [-0.4, -0.2) is 32.5 Å². The summed E-state index contributed by atoms with van der Waals surface area (Å²) in [5.41, 5.74) is 2.17. The van der Waals surface area contributed by atoms with Crippen molar-refractivity contribution in [3.8, 4) is 5.75 Å². The first-order valence-electron chi connectivity index (χ1n) is 12.7. The van der Waals surface area contributed by atoms with E-state index in [0.717, 1.165) is 12.1 Å². The average molecular weight is 585 g/mol. The van der Waals surface area contributed by atoms with E-state index >= 15 is 0 Å². The number of esters is 1. The van der Waals surface area contributed by atoms with Crippen molar-refractivity contribution in [3.05, 3.63) is 112 Å². The average Bonchev–Trinajstić information content (AvgIpc) is 2.99. The van der Waals surface area contributed by atoms with Gasteiger partial charge in [0.1, 0.15) is 30.2 Å². The Hall–Kier alpha value is -4.77. The highest BCUT2D eigenvalue weighted by Gasteiger charge is 2.30. The summed E-state index contributed by atoms with van der Waals surface area (Å²) in [4.78, 5) is 23.2. The van der Waals surface area contributed by atoms with Gasteiger partial charge in [-0.2, -0.15) is 19.1 Å². The topological polar surface area (TPSA) is 102 Å². The van der Waals surface area contributed by atoms with E-state index in [1.54, 1.807) is 68.4 Å². The van der Waals surface area contributed by atoms with Gasteiger partial charge in [-0.1, -0.05) is 41.6 Å². The van der Waals surface area contributed by atoms with Gasteiger partial charge >= 0.3 is 12.1 Å². The predicted molar refractivity (Wildman–Crippen MR) is 152 cm³/mol. The molecular weight excluding hydrogens is 553 g/mol. The summed E-state index contributed by atoms with van der Waals surface area (Å²) in [5, 5.41) is 4.27. The molecule has 11 heteroatoms. The molecule has 0 aliphatic carbocycles. The van der Waals surface area contributed by atoms with Crippen molar-refractivity contribution < 1.29 is 41.9 Å². The molecule has 3 aromatic carbocycles. The number of methoxy groups -OCH3 is 2. The first-order valence-corrected chi connectivity index (χ1v) is 12.7. The number of hydrogen-bond acceptors (Lipinski definition) is 8. The number of benzene rings is 3. The second-order valence-corrected chi connectivity index (χ2v) is 8.75. The molecule has 8 nitrogen and oxygen atoms in total. The number of rotatable bonds is 12. The van der Waals surface area contributed by atoms with Crippen LogP contribution < -0.4 is 10.6 Å². The molecular formula is C31H31F3N2O6. The highest BCUT2D eigenvalue weighted by molar-refractivity contribution is 6.19. The van der Waals surface area contributed by atoms with Gasteiger partial charge in [-0.3, -0.25) is 0 Å². The van der Waals surface area contributed by atoms with E-state index in [0.29, 0.717) is 39.3 Å². The lowest BCUT2D eigenvalue weighted by Gasteiger charge is -2.17. The smallest absolute Gasteiger partial charge is 0.416 e. The van der Waals surface area contributed by atoms with Crippen molar-refractivity contribution in [2.24, 2.45) is 11.1 Å². The van der Waals surface area contributed by atoms with E-state index in [9.17, 15) is 18.0 Å². The minimum Gasteiger partial charge on any atom is -0.503 e. The molecule has 3 rings (SSSR count). The molecule has 0 bridgehead atoms. The van der Waals surface area contributed by atoms with Gasteiger partial charge < -0.3 is 23.9 Å². The third kappa shape index (κ3) is 7.91. The van der Waals surface area contributed by atoms with Crippen LogP contribution in [0.5, 0.6) is 5.75 Å². The number of ether oxygens (including phenoxy) is 3. The number of alkyl halides is 3. The van der Waals surface area contributed by atoms with Crippen LogP contribution in [0.2, 0.25) is 0 Å². The summed E-state index contributed by atoms with van der Waals surface area (Å²) in [7, 11) is 2.67. The molecule has 0 atom stereocenters. The van der Waals surface area contributed by atoms with Crippen LogP contribution in [0, 0.1) is 0 Å². The zero-order valence-corrected chi connectivity index (χ0v) is 23.5. The van der Waals surface area contributed by atoms with Crippen LogP contribution in [0.25, 0.3) is 11.3 Å². The standard InChI is InChI=1S/C31H31F3N2O6/c1-5-41-36-28(20(2)29(42-35)26-12-7-6-11-25(26)27(19-38-3)30(37)39-4)22-13-15-24(16-14-22)40-18-21-9-8-10-23(17-21)31(32,33)34/h6-17,19H,5,18,35H2,1-4H3. The number of hydrogen-bond donors (Lipinski definition) is 1. The third-order valence-electron chi connectivity index (χ3n) is 5.99. The van der Waals surface area contributed by atoms with Crippen molar-refractivity contribution in [3.63, 3.8) is 0 Å². The molecule has 0 unspecified atom stereocenters. The quantitative estimate of drug-likeness (QED) is 0.0852. The zero-order chi connectivity index (χ0) is 30.7. The molecule has 0 spiro atoms. The van der Waals surface area contributed by atoms with E-state index in [4.69, 9.17) is 29.8 Å². The Morgan fingerprint density at radius 1 is 0.976 bits per heavy atom. The monoisotopic (exact) mass is 584 g/mol. The fourth-order valence-electron chi connectivity index (χ4n) is 4.01. The molecule has 0 fully saturated rings. The second-order valence-electron chi connectivity index (χ2n) is 8.75. The van der Waals surface area contributed by atoms with Gasteiger partial charge in [-0.15, -0.1) is 0 Å². The van der Waals surface area contributed by atoms with Crippen molar-refractivity contribution in [1.82, 2.24) is 0 Å². The van der Waals surface area contributed by atoms with Crippen LogP contribution in [0.1, 0.15) is 41.7 Å². The summed E-state index contributed by atoms with van der Waals surface area (Å²) in [6.07, 6.45) is -3.17. The SMILES string of the molecule is CCON=C(C(C)=C(ON)c1ccccc1C(=COC)C(=O)OC)c1ccc(OCc2cccc(C(F)(F)F)c2)cc1. The van der Waals surface area contributed by atoms with E-state index in [1.807, 2.05) is 0 Å². The number of carbonyl (C=O) groups is 1. The molecule has 0 aromatic heterocycles. The molecule has 3 aromatic rings. The first kappa shape index (κ1) is 31.8. The normalized spacial score (nSPS) is 12.8. The molecule has 222 valence electrons. The molecule has 0 saturated carbocycles. The molecule has 2 N–H and O–H groups in total. The summed E-state index contributed by atoms with van der Waals surface area (Å²) in [5.74, 6) is 5.76. The Bertz CT molecular complexity index is 1460. The Balaban J connectivity index is 1.97. The lowest BCUT2D eigenvalue weighted by atomic mass is 9.94. The molecule has 42 heavy (non-hydrogen) atoms. The maximum absolute atomic E-state index is 13.0. The highest BCUT2D eigenvalue weighted by atomic mass is 19.4. The van der Waals surface area contributed by atoms with E-state index in [1.165, 1.54) is 26.5 Å². The van der Waals surface area contributed by atoms with Gasteiger partial charge in [-0.05, 0) is 55.8 Å². The maximum Gasteiger partial charge on any atom is 0.416 e. The first-order chi connectivity index (χ1) is 20.1. The number of halogens is 3. The number of carbonyl (C=O) groups excluding carboxylic acids is 1. The number of nitrogens with two attached hydrogens (primary N) is 1. The van der Waals surface area contributed by atoms with Gasteiger partial charge in [-0.25, -0.2) is 4.79 Å². The maximum atomic E-state index is 13.0. The largest absolute Gasteiger partial charge is 0.503 e. The molecule has 0 aliphatic heterocycles. The summed E-state index contributed by atoms with van der Waals surface area (Å²) >= 11 is 0. The minimum atomic E-state index is -4.44. The molecule has 0 radical (unpaired) electrons. The van der Waals surface area contributed by atoms with Gasteiger partial charge in [0.25, 0.3) is 0 Å². The van der Waals surface area contributed by atoms with Gasteiger partial charge in [0, 0.05) is 22.3 Å². The Labute approximate surface area is 241 Å². The van der Waals surface area contributed by atoms with Crippen molar-refractivity contribution >= 4 is 23.0 Å². The van der Waals surface area contributed by atoms with Crippen LogP contribution in [0.4, 0.5) is 13.2 Å². The Kier molecular flexibility index (Phi) is 11.1. The van der Waals surface area contributed by atoms with Crippen molar-refractivity contribution in [2.75, 3.05) is 20.8 Å². The molecule has 0 saturated heterocycles. The fourth-order valence-corrected chi connectivity index (χ4v) is 4.01. The summed E-state index contributed by atoms with van der Waals surface area (Å²) in [6, 6.07) is 18.6. The molecule has 0 aliphatic rings. The van der Waals surface area contributed by atoms with Crippen LogP contribution in [-0.2, 0) is 36.7 Å². The van der Waals surface area contributed by atoms with Crippen LogP contribution in [0.15, 0.2) is 89.8 Å². The fraction of sp³-hybridized carbons (Fsp3) is 0.226. The molecule has 0 amide bonds. The van der Waals surface area contributed by atoms with Crippen molar-refractivity contribution in [1.29, 1.82) is 0 Å². The lowest BCUT2D eigenvalue weighted by molar-refractivity contribution is -0.137. The summed E-state index contributed by atoms with van der Waals surface area (Å²) in [6.45, 7) is 3.74. The Morgan fingerprint density at radius 3 is 2.26 bits per heavy atom. The zero-order valence-electron chi connectivity index (χ0n) is 23.5. The minimum absolute atomic E-state index is 0.0540. The highest BCUT2D eigenvalue weighted by Crippen LogP contribution is 2.31. The Morgan fingerprint density at radius 2 is 1.67 bits per heavy atom. The number of allylic oxidation sites excluding steroid dienone is 1. The van der Waals surface area contributed by atoms with Crippen molar-refractivity contribution in [2.45, 2.75) is 26.6 Å². The lowest BCUT2D eigenvalue weighted by Crippen LogP contribution is -2.13. The third-order valence-corrected chi connectivity index (χ3v) is 5.99. The van der Waals surface area contributed by atoms with E-state index in [-0.39, 0.29) is 24.5 Å². The number of oxime groups is 1. The molecule has 0 heterocycles.